The fourth-order valence-corrected chi connectivity index (χ4v) is 7.62. The number of aliphatic hydroxyl groups excluding tert-OH is 1. The Morgan fingerprint density at radius 3 is 2.62 bits per heavy atom. The SMILES string of the molecule is Cc1nc(Cl)sc1S(=O)(=O)N(CCO)C1CCS(=O)(=O)C1. The van der Waals surface area contributed by atoms with Crippen LogP contribution in [0.25, 0.3) is 0 Å². The third kappa shape index (κ3) is 3.57. The first kappa shape index (κ1) is 17.1. The fourth-order valence-electron chi connectivity index (χ4n) is 2.30. The molecule has 0 radical (unpaired) electrons. The van der Waals surface area contributed by atoms with Gasteiger partial charge in [0.05, 0.1) is 23.8 Å². The molecule has 1 aromatic rings. The Kier molecular flexibility index (Phi) is 4.96. The van der Waals surface area contributed by atoms with Crippen molar-refractivity contribution in [3.8, 4) is 0 Å². The Morgan fingerprint density at radius 2 is 2.19 bits per heavy atom. The molecule has 1 fully saturated rings. The molecule has 0 bridgehead atoms. The van der Waals surface area contributed by atoms with Gasteiger partial charge in [-0.05, 0) is 13.3 Å². The summed E-state index contributed by atoms with van der Waals surface area (Å²) in [6.07, 6.45) is 0.229. The number of halogens is 1. The second kappa shape index (κ2) is 6.09. The van der Waals surface area contributed by atoms with Gasteiger partial charge in [0, 0.05) is 12.6 Å². The van der Waals surface area contributed by atoms with Gasteiger partial charge in [-0.3, -0.25) is 0 Å². The summed E-state index contributed by atoms with van der Waals surface area (Å²) in [6.45, 7) is 0.983. The first-order valence-electron chi connectivity index (χ1n) is 6.13. The molecule has 1 aliphatic rings. The molecule has 0 spiro atoms. The zero-order valence-electron chi connectivity index (χ0n) is 11.2. The fraction of sp³-hybridized carbons (Fsp3) is 0.700. The van der Waals surface area contributed by atoms with E-state index in [0.29, 0.717) is 0 Å². The van der Waals surface area contributed by atoms with E-state index in [0.717, 1.165) is 15.6 Å². The van der Waals surface area contributed by atoms with Crippen LogP contribution in [0.2, 0.25) is 4.47 Å². The zero-order valence-corrected chi connectivity index (χ0v) is 14.4. The first-order chi connectivity index (χ1) is 9.67. The van der Waals surface area contributed by atoms with Gasteiger partial charge < -0.3 is 5.11 Å². The Morgan fingerprint density at radius 1 is 1.52 bits per heavy atom. The molecule has 21 heavy (non-hydrogen) atoms. The second-order valence-electron chi connectivity index (χ2n) is 4.74. The maximum atomic E-state index is 12.7. The lowest BCUT2D eigenvalue weighted by molar-refractivity contribution is 0.233. The Bertz CT molecular complexity index is 728. The molecular weight excluding hydrogens is 360 g/mol. The molecular formula is C10H15ClN2O5S3. The summed E-state index contributed by atoms with van der Waals surface area (Å²) in [5.41, 5.74) is 0.272. The molecule has 1 aromatic heterocycles. The van der Waals surface area contributed by atoms with Crippen LogP contribution < -0.4 is 0 Å². The van der Waals surface area contributed by atoms with Gasteiger partial charge in [0.25, 0.3) is 10.0 Å². The summed E-state index contributed by atoms with van der Waals surface area (Å²) in [5, 5.41) is 9.12. The van der Waals surface area contributed by atoms with Gasteiger partial charge in [0.1, 0.15) is 0 Å². The largest absolute Gasteiger partial charge is 0.395 e. The van der Waals surface area contributed by atoms with Crippen molar-refractivity contribution in [2.24, 2.45) is 0 Å². The van der Waals surface area contributed by atoms with E-state index in [-0.39, 0.29) is 45.4 Å². The van der Waals surface area contributed by atoms with E-state index in [4.69, 9.17) is 16.7 Å². The van der Waals surface area contributed by atoms with E-state index in [1.54, 1.807) is 0 Å². The zero-order chi connectivity index (χ0) is 15.8. The van der Waals surface area contributed by atoms with E-state index in [1.165, 1.54) is 6.92 Å². The lowest BCUT2D eigenvalue weighted by atomic mass is 10.3. The van der Waals surface area contributed by atoms with Crippen LogP contribution in [0.15, 0.2) is 4.21 Å². The second-order valence-corrected chi connectivity index (χ2v) is 10.6. The Balaban J connectivity index is 2.40. The number of aromatic nitrogens is 1. The summed E-state index contributed by atoms with van der Waals surface area (Å²) in [5.74, 6) is -0.268. The summed E-state index contributed by atoms with van der Waals surface area (Å²) in [6, 6.07) is -0.660. The van der Waals surface area contributed by atoms with Crippen LogP contribution in [0, 0.1) is 6.92 Å². The quantitative estimate of drug-likeness (QED) is 0.793. The number of hydrogen-bond donors (Lipinski definition) is 1. The topological polar surface area (TPSA) is 105 Å². The van der Waals surface area contributed by atoms with E-state index in [9.17, 15) is 16.8 Å². The van der Waals surface area contributed by atoms with Gasteiger partial charge in [-0.25, -0.2) is 21.8 Å². The molecule has 120 valence electrons. The third-order valence-corrected chi connectivity index (χ3v) is 8.76. The van der Waals surface area contributed by atoms with Gasteiger partial charge in [0.15, 0.2) is 18.5 Å². The van der Waals surface area contributed by atoms with Crippen molar-refractivity contribution >= 4 is 42.8 Å². The first-order valence-corrected chi connectivity index (χ1v) is 10.6. The van der Waals surface area contributed by atoms with Crippen LogP contribution in [-0.2, 0) is 19.9 Å². The number of nitrogens with zero attached hydrogens (tertiary/aromatic N) is 2. The summed E-state index contributed by atoms with van der Waals surface area (Å²) < 4.78 is 49.7. The van der Waals surface area contributed by atoms with Crippen LogP contribution in [0.4, 0.5) is 0 Å². The maximum absolute atomic E-state index is 12.7. The van der Waals surface area contributed by atoms with Gasteiger partial charge in [-0.2, -0.15) is 4.31 Å². The van der Waals surface area contributed by atoms with Crippen LogP contribution in [-0.4, -0.2) is 61.9 Å². The lowest BCUT2D eigenvalue weighted by Crippen LogP contribution is -2.42. The van der Waals surface area contributed by atoms with Crippen molar-refractivity contribution < 1.29 is 21.9 Å². The monoisotopic (exact) mass is 374 g/mol. The minimum atomic E-state index is -3.93. The molecule has 0 saturated carbocycles. The normalized spacial score (nSPS) is 22.0. The molecule has 1 atom stereocenters. The summed E-state index contributed by atoms with van der Waals surface area (Å²) >= 11 is 6.57. The predicted molar refractivity (Wildman–Crippen MR) is 79.9 cm³/mol. The van der Waals surface area contributed by atoms with Crippen LogP contribution in [0.1, 0.15) is 12.1 Å². The third-order valence-electron chi connectivity index (χ3n) is 3.21. The van der Waals surface area contributed by atoms with Gasteiger partial charge in [-0.1, -0.05) is 22.9 Å². The molecule has 2 rings (SSSR count). The number of aryl methyl sites for hydroxylation is 1. The minimum absolute atomic E-state index is 0.00903. The molecule has 1 unspecified atom stereocenters. The Labute approximate surface area is 132 Å². The average molecular weight is 375 g/mol. The van der Waals surface area contributed by atoms with E-state index in [1.807, 2.05) is 0 Å². The molecule has 11 heteroatoms. The standard InChI is InChI=1S/C10H15ClN2O5S3/c1-7-9(19-10(11)12-7)21(17,18)13(3-4-14)8-2-5-20(15,16)6-8/h8,14H,2-6H2,1H3. The smallest absolute Gasteiger partial charge is 0.254 e. The van der Waals surface area contributed by atoms with E-state index in [2.05, 4.69) is 4.98 Å². The highest BCUT2D eigenvalue weighted by Crippen LogP contribution is 2.32. The van der Waals surface area contributed by atoms with E-state index >= 15 is 0 Å². The van der Waals surface area contributed by atoms with Crippen molar-refractivity contribution in [3.63, 3.8) is 0 Å². The predicted octanol–water partition coefficient (Wildman–Crippen LogP) is 0.275. The summed E-state index contributed by atoms with van der Waals surface area (Å²) in [4.78, 5) is 3.87. The van der Waals surface area contributed by atoms with Crippen molar-refractivity contribution in [2.45, 2.75) is 23.6 Å². The highest BCUT2D eigenvalue weighted by molar-refractivity contribution is 7.92. The summed E-state index contributed by atoms with van der Waals surface area (Å²) in [7, 11) is -7.16. The molecule has 7 nitrogen and oxygen atoms in total. The van der Waals surface area contributed by atoms with Gasteiger partial charge in [0.2, 0.25) is 0 Å². The van der Waals surface area contributed by atoms with Gasteiger partial charge >= 0.3 is 0 Å². The van der Waals surface area contributed by atoms with Crippen molar-refractivity contribution in [3.05, 3.63) is 10.2 Å². The number of sulfonamides is 1. The molecule has 1 saturated heterocycles. The number of sulfone groups is 1. The van der Waals surface area contributed by atoms with Crippen molar-refractivity contribution in [1.29, 1.82) is 0 Å². The van der Waals surface area contributed by atoms with E-state index < -0.39 is 25.9 Å². The minimum Gasteiger partial charge on any atom is -0.395 e. The van der Waals surface area contributed by atoms with Crippen LogP contribution in [0.3, 0.4) is 0 Å². The molecule has 0 aromatic carbocycles. The average Bonchev–Trinajstić information content (AvgIpc) is 2.88. The number of thiazole rings is 1. The number of rotatable bonds is 5. The highest BCUT2D eigenvalue weighted by Gasteiger charge is 2.39. The molecule has 0 aliphatic carbocycles. The Hall–Kier alpha value is -0.260. The van der Waals surface area contributed by atoms with Gasteiger partial charge in [-0.15, -0.1) is 0 Å². The molecule has 0 amide bonds. The molecule has 2 heterocycles. The number of hydrogen-bond acceptors (Lipinski definition) is 7. The van der Waals surface area contributed by atoms with Crippen molar-refractivity contribution in [1.82, 2.24) is 9.29 Å². The van der Waals surface area contributed by atoms with Crippen LogP contribution >= 0.6 is 22.9 Å². The van der Waals surface area contributed by atoms with Crippen molar-refractivity contribution in [2.75, 3.05) is 24.7 Å². The maximum Gasteiger partial charge on any atom is 0.254 e. The molecule has 1 aliphatic heterocycles. The lowest BCUT2D eigenvalue weighted by Gasteiger charge is -2.26. The van der Waals surface area contributed by atoms with Crippen LogP contribution in [0.5, 0.6) is 0 Å². The highest BCUT2D eigenvalue weighted by atomic mass is 35.5. The number of aliphatic hydroxyl groups is 1. The molecule has 1 N–H and O–H groups in total.